The largest absolute Gasteiger partial charge is 0.470 e. The molecule has 0 aliphatic carbocycles. The highest BCUT2D eigenvalue weighted by molar-refractivity contribution is 5.72. The molecule has 0 amide bonds. The van der Waals surface area contributed by atoms with Crippen LogP contribution in [-0.4, -0.2) is 24.9 Å². The first-order valence-corrected chi connectivity index (χ1v) is 13.9. The second-order valence-electron chi connectivity index (χ2n) is 10.1. The normalized spacial score (nSPS) is 16.8. The van der Waals surface area contributed by atoms with E-state index in [0.717, 1.165) is 62.9 Å². The third-order valence-electron chi connectivity index (χ3n) is 7.09. The number of halogens is 3. The van der Waals surface area contributed by atoms with Crippen molar-refractivity contribution in [3.63, 3.8) is 0 Å². The standard InChI is InChI=1S/C34H33F3N4O/c1-4-6-20-41(21-7-5-2)29-17-14-27(15-18-29)13-10-25-8-11-26(12-9-25)16-19-31-30(24-40)32(28(22-38)23-39)42-33(31,3)34(35,36)37/h8-19H,4-7,20-21H2,1-3H3/b13-10+,19-16+. The molecular formula is C34H33F3N4O. The molecule has 0 N–H and O–H groups in total. The first kappa shape index (κ1) is 31.8. The van der Waals surface area contributed by atoms with E-state index in [2.05, 4.69) is 43.0 Å². The van der Waals surface area contributed by atoms with Crippen molar-refractivity contribution in [3.05, 3.63) is 93.8 Å². The molecule has 0 spiro atoms. The number of hydrogen-bond donors (Lipinski definition) is 0. The summed E-state index contributed by atoms with van der Waals surface area (Å²) in [6, 6.07) is 20.3. The van der Waals surface area contributed by atoms with Gasteiger partial charge < -0.3 is 9.64 Å². The van der Waals surface area contributed by atoms with E-state index < -0.39 is 34.3 Å². The van der Waals surface area contributed by atoms with Crippen molar-refractivity contribution < 1.29 is 17.9 Å². The smallest absolute Gasteiger partial charge is 0.432 e. The summed E-state index contributed by atoms with van der Waals surface area (Å²) in [6.07, 6.45) is 6.28. The van der Waals surface area contributed by atoms with Crippen LogP contribution in [0.3, 0.4) is 0 Å². The van der Waals surface area contributed by atoms with Crippen LogP contribution in [0.15, 0.2) is 77.1 Å². The van der Waals surface area contributed by atoms with Gasteiger partial charge in [-0.2, -0.15) is 29.0 Å². The van der Waals surface area contributed by atoms with Gasteiger partial charge in [-0.1, -0.05) is 87.4 Å². The molecule has 0 fully saturated rings. The summed E-state index contributed by atoms with van der Waals surface area (Å²) in [7, 11) is 0. The molecule has 42 heavy (non-hydrogen) atoms. The number of alkyl halides is 3. The van der Waals surface area contributed by atoms with E-state index in [1.54, 1.807) is 18.2 Å². The van der Waals surface area contributed by atoms with Crippen molar-refractivity contribution in [1.82, 2.24) is 0 Å². The second kappa shape index (κ2) is 14.2. The van der Waals surface area contributed by atoms with Crippen LogP contribution in [0, 0.1) is 34.0 Å². The molecule has 1 atom stereocenters. The van der Waals surface area contributed by atoms with Crippen LogP contribution in [0.25, 0.3) is 18.2 Å². The number of hydrogen-bond acceptors (Lipinski definition) is 5. The zero-order valence-electron chi connectivity index (χ0n) is 24.0. The van der Waals surface area contributed by atoms with Crippen LogP contribution in [0.5, 0.6) is 0 Å². The Morgan fingerprint density at radius 2 is 1.26 bits per heavy atom. The predicted octanol–water partition coefficient (Wildman–Crippen LogP) is 8.75. The third kappa shape index (κ3) is 7.31. The van der Waals surface area contributed by atoms with Crippen LogP contribution in [0.1, 0.15) is 63.1 Å². The quantitative estimate of drug-likeness (QED) is 0.199. The molecule has 216 valence electrons. The minimum Gasteiger partial charge on any atom is -0.470 e. The Morgan fingerprint density at radius 3 is 1.67 bits per heavy atom. The highest BCUT2D eigenvalue weighted by Gasteiger charge is 2.60. The summed E-state index contributed by atoms with van der Waals surface area (Å²) < 4.78 is 47.1. The maximum absolute atomic E-state index is 14.0. The molecule has 1 heterocycles. The van der Waals surface area contributed by atoms with E-state index in [4.69, 9.17) is 15.3 Å². The van der Waals surface area contributed by atoms with E-state index in [1.807, 2.05) is 24.3 Å². The third-order valence-corrected chi connectivity index (χ3v) is 7.09. The molecule has 1 unspecified atom stereocenters. The first-order valence-electron chi connectivity index (χ1n) is 13.9. The van der Waals surface area contributed by atoms with E-state index >= 15 is 0 Å². The van der Waals surface area contributed by atoms with Gasteiger partial charge in [0.25, 0.3) is 0 Å². The zero-order chi connectivity index (χ0) is 30.8. The van der Waals surface area contributed by atoms with E-state index in [9.17, 15) is 18.4 Å². The number of anilines is 1. The first-order chi connectivity index (χ1) is 20.1. The fourth-order valence-electron chi connectivity index (χ4n) is 4.49. The van der Waals surface area contributed by atoms with Gasteiger partial charge in [-0.3, -0.25) is 0 Å². The topological polar surface area (TPSA) is 83.8 Å². The van der Waals surface area contributed by atoms with Crippen molar-refractivity contribution in [1.29, 1.82) is 15.8 Å². The van der Waals surface area contributed by atoms with Gasteiger partial charge in [-0.15, -0.1) is 0 Å². The van der Waals surface area contributed by atoms with Gasteiger partial charge in [0, 0.05) is 24.4 Å². The molecule has 3 rings (SSSR count). The molecule has 0 saturated carbocycles. The zero-order valence-corrected chi connectivity index (χ0v) is 24.0. The van der Waals surface area contributed by atoms with Gasteiger partial charge in [0.15, 0.2) is 11.3 Å². The number of allylic oxidation sites excluding steroid dienone is 2. The molecule has 1 aliphatic heterocycles. The molecular weight excluding hydrogens is 537 g/mol. The summed E-state index contributed by atoms with van der Waals surface area (Å²) in [5.74, 6) is -0.662. The maximum Gasteiger partial charge on any atom is 0.432 e. The molecule has 1 aliphatic rings. The highest BCUT2D eigenvalue weighted by atomic mass is 19.4. The molecule has 0 bridgehead atoms. The van der Waals surface area contributed by atoms with Crippen LogP contribution in [0.2, 0.25) is 0 Å². The summed E-state index contributed by atoms with van der Waals surface area (Å²) in [4.78, 5) is 2.43. The number of nitrogens with zero attached hydrogens (tertiary/aromatic N) is 4. The predicted molar refractivity (Wildman–Crippen MR) is 159 cm³/mol. The highest BCUT2D eigenvalue weighted by Crippen LogP contribution is 2.49. The fraction of sp³-hybridized carbons (Fsp3) is 0.324. The molecule has 0 radical (unpaired) electrons. The lowest BCUT2D eigenvalue weighted by atomic mass is 9.91. The Bertz CT molecular complexity index is 1470. The van der Waals surface area contributed by atoms with Gasteiger partial charge in [0.05, 0.1) is 0 Å². The fourth-order valence-corrected chi connectivity index (χ4v) is 4.49. The molecule has 2 aromatic carbocycles. The Morgan fingerprint density at radius 1 is 0.810 bits per heavy atom. The van der Waals surface area contributed by atoms with Gasteiger partial charge in [0.1, 0.15) is 23.8 Å². The van der Waals surface area contributed by atoms with Crippen molar-refractivity contribution >= 4 is 23.9 Å². The van der Waals surface area contributed by atoms with Gasteiger partial charge in [0.2, 0.25) is 5.60 Å². The number of nitriles is 3. The summed E-state index contributed by atoms with van der Waals surface area (Å²) in [6.45, 7) is 7.26. The molecule has 8 heteroatoms. The SMILES string of the molecule is CCCCN(CCCC)c1ccc(/C=C/c2ccc(/C=C/C3=C(C#N)C(=C(C#N)C#N)OC3(C)C(F)(F)F)cc2)cc1. The molecule has 0 aromatic heterocycles. The Labute approximate surface area is 245 Å². The number of benzene rings is 2. The molecule has 0 saturated heterocycles. The van der Waals surface area contributed by atoms with Gasteiger partial charge >= 0.3 is 6.18 Å². The lowest BCUT2D eigenvalue weighted by Gasteiger charge is -2.28. The van der Waals surface area contributed by atoms with Crippen LogP contribution < -0.4 is 4.90 Å². The van der Waals surface area contributed by atoms with Crippen molar-refractivity contribution in [2.75, 3.05) is 18.0 Å². The lowest BCUT2D eigenvalue weighted by Crippen LogP contribution is -2.43. The number of ether oxygens (including phenoxy) is 1. The van der Waals surface area contributed by atoms with E-state index in [1.165, 1.54) is 23.9 Å². The monoisotopic (exact) mass is 570 g/mol. The Balaban J connectivity index is 1.80. The van der Waals surface area contributed by atoms with Crippen LogP contribution in [0.4, 0.5) is 18.9 Å². The maximum atomic E-state index is 14.0. The van der Waals surface area contributed by atoms with Crippen molar-refractivity contribution in [2.45, 2.75) is 58.2 Å². The lowest BCUT2D eigenvalue weighted by molar-refractivity contribution is -0.236. The molecule has 2 aromatic rings. The van der Waals surface area contributed by atoms with Gasteiger partial charge in [-0.05, 0) is 48.6 Å². The van der Waals surface area contributed by atoms with Crippen LogP contribution in [-0.2, 0) is 4.74 Å². The minimum atomic E-state index is -4.90. The Kier molecular flexibility index (Phi) is 10.8. The van der Waals surface area contributed by atoms with Crippen molar-refractivity contribution in [3.8, 4) is 18.2 Å². The van der Waals surface area contributed by atoms with Gasteiger partial charge in [-0.25, -0.2) is 0 Å². The van der Waals surface area contributed by atoms with Crippen molar-refractivity contribution in [2.24, 2.45) is 0 Å². The van der Waals surface area contributed by atoms with E-state index in [-0.39, 0.29) is 0 Å². The summed E-state index contributed by atoms with van der Waals surface area (Å²) in [5, 5.41) is 27.9. The molecule has 5 nitrogen and oxygen atoms in total. The average Bonchev–Trinajstić information content (AvgIpc) is 3.29. The van der Waals surface area contributed by atoms with Crippen LogP contribution >= 0.6 is 0 Å². The summed E-state index contributed by atoms with van der Waals surface area (Å²) in [5.41, 5.74) is -0.764. The van der Waals surface area contributed by atoms with E-state index in [0.29, 0.717) is 5.56 Å². The average molecular weight is 571 g/mol. The number of unbranched alkanes of at least 4 members (excludes halogenated alkanes) is 2. The minimum absolute atomic E-state index is 0.467. The number of rotatable bonds is 11. The second-order valence-corrected chi connectivity index (χ2v) is 10.1. The Hall–Kier alpha value is -4.74. The summed E-state index contributed by atoms with van der Waals surface area (Å²) >= 11 is 0.